The molecule has 1 aromatic rings. The molecule has 1 N–H and O–H groups in total. The van der Waals surface area contributed by atoms with E-state index >= 15 is 0 Å². The highest BCUT2D eigenvalue weighted by Crippen LogP contribution is 2.18. The zero-order chi connectivity index (χ0) is 18.6. The number of amides is 1. The van der Waals surface area contributed by atoms with Crippen molar-refractivity contribution in [2.75, 3.05) is 19.8 Å². The Bertz CT molecular complexity index is 726. The van der Waals surface area contributed by atoms with E-state index in [0.29, 0.717) is 18.7 Å². The van der Waals surface area contributed by atoms with E-state index in [4.69, 9.17) is 9.84 Å². The lowest BCUT2D eigenvalue weighted by Gasteiger charge is -2.35. The molecule has 1 aliphatic rings. The van der Waals surface area contributed by atoms with E-state index in [1.54, 1.807) is 26.0 Å². The molecule has 7 nitrogen and oxygen atoms in total. The molecule has 0 aromatic heterocycles. The highest BCUT2D eigenvalue weighted by molar-refractivity contribution is 7.92. The zero-order valence-electron chi connectivity index (χ0n) is 14.3. The molecule has 138 valence electrons. The first-order valence-electron chi connectivity index (χ1n) is 8.13. The van der Waals surface area contributed by atoms with Crippen LogP contribution in [0.1, 0.15) is 25.8 Å². The molecule has 25 heavy (non-hydrogen) atoms. The van der Waals surface area contributed by atoms with Gasteiger partial charge in [0.15, 0.2) is 9.84 Å². The van der Waals surface area contributed by atoms with Gasteiger partial charge >= 0.3 is 5.97 Å². The van der Waals surface area contributed by atoms with E-state index in [0.717, 1.165) is 0 Å². The van der Waals surface area contributed by atoms with Crippen LogP contribution in [0.3, 0.4) is 0 Å². The molecule has 1 saturated heterocycles. The quantitative estimate of drug-likeness (QED) is 0.806. The largest absolute Gasteiger partial charge is 0.481 e. The summed E-state index contributed by atoms with van der Waals surface area (Å²) < 4.78 is 29.5. The van der Waals surface area contributed by atoms with Gasteiger partial charge in [0.05, 0.1) is 42.2 Å². The van der Waals surface area contributed by atoms with Crippen LogP contribution < -0.4 is 0 Å². The normalized spacial score (nSPS) is 18.4. The number of benzene rings is 1. The van der Waals surface area contributed by atoms with Gasteiger partial charge in [-0.25, -0.2) is 8.42 Å². The van der Waals surface area contributed by atoms with Crippen LogP contribution in [0.4, 0.5) is 0 Å². The minimum absolute atomic E-state index is 0.0954. The van der Waals surface area contributed by atoms with E-state index in [9.17, 15) is 18.0 Å². The minimum atomic E-state index is -3.34. The smallest absolute Gasteiger partial charge is 0.305 e. The summed E-state index contributed by atoms with van der Waals surface area (Å²) in [4.78, 5) is 25.2. The van der Waals surface area contributed by atoms with Crippen molar-refractivity contribution in [3.05, 3.63) is 29.8 Å². The molecule has 0 bridgehead atoms. The van der Waals surface area contributed by atoms with Crippen LogP contribution in [0.25, 0.3) is 0 Å². The number of ether oxygens (including phenoxy) is 1. The molecule has 0 saturated carbocycles. The molecule has 0 radical (unpaired) electrons. The first kappa shape index (κ1) is 19.4. The number of carbonyl (C=O) groups is 2. The number of carboxylic acids is 1. The first-order valence-corrected chi connectivity index (χ1v) is 9.68. The molecule has 1 fully saturated rings. The average molecular weight is 369 g/mol. The van der Waals surface area contributed by atoms with Crippen LogP contribution in [-0.4, -0.2) is 61.4 Å². The van der Waals surface area contributed by atoms with Crippen molar-refractivity contribution in [2.45, 2.75) is 42.9 Å². The number of nitrogens with zero attached hydrogens (tertiary/aromatic N) is 1. The standard InChI is InChI=1S/C17H23NO6S/c1-12(2)25(22,23)15-5-3-13(4-6-15)9-16(19)18-7-8-24-11-14(18)10-17(20)21/h3-6,12,14H,7-11H2,1-2H3,(H,20,21). The van der Waals surface area contributed by atoms with Gasteiger partial charge in [0.1, 0.15) is 0 Å². The second kappa shape index (κ2) is 7.97. The van der Waals surface area contributed by atoms with Crippen LogP contribution in [0.2, 0.25) is 0 Å². The SMILES string of the molecule is CC(C)S(=O)(=O)c1ccc(CC(=O)N2CCOCC2CC(=O)O)cc1. The van der Waals surface area contributed by atoms with Crippen LogP contribution in [0, 0.1) is 0 Å². The maximum atomic E-state index is 12.5. The van der Waals surface area contributed by atoms with E-state index < -0.39 is 27.1 Å². The summed E-state index contributed by atoms with van der Waals surface area (Å²) in [7, 11) is -3.34. The maximum absolute atomic E-state index is 12.5. The molecule has 1 aliphatic heterocycles. The molecule has 2 rings (SSSR count). The second-order valence-electron chi connectivity index (χ2n) is 6.33. The Labute approximate surface area is 147 Å². The maximum Gasteiger partial charge on any atom is 0.305 e. The Balaban J connectivity index is 2.08. The van der Waals surface area contributed by atoms with Gasteiger partial charge in [0, 0.05) is 6.54 Å². The minimum Gasteiger partial charge on any atom is -0.481 e. The predicted octanol–water partition coefficient (Wildman–Crippen LogP) is 1.11. The Hall–Kier alpha value is -1.93. The summed E-state index contributed by atoms with van der Waals surface area (Å²) in [6.07, 6.45) is -0.0601. The molecule has 0 spiro atoms. The van der Waals surface area contributed by atoms with Crippen molar-refractivity contribution in [3.8, 4) is 0 Å². The topological polar surface area (TPSA) is 101 Å². The summed E-state index contributed by atoms with van der Waals surface area (Å²) in [5, 5.41) is 8.45. The Kier molecular flexibility index (Phi) is 6.18. The average Bonchev–Trinajstić information content (AvgIpc) is 2.55. The lowest BCUT2D eigenvalue weighted by Crippen LogP contribution is -2.50. The fourth-order valence-electron chi connectivity index (χ4n) is 2.70. The predicted molar refractivity (Wildman–Crippen MR) is 91.0 cm³/mol. The van der Waals surface area contributed by atoms with Gasteiger partial charge in [-0.05, 0) is 31.5 Å². The summed E-state index contributed by atoms with van der Waals surface area (Å²) in [6, 6.07) is 5.79. The van der Waals surface area contributed by atoms with Crippen LogP contribution >= 0.6 is 0 Å². The molecule has 0 aliphatic carbocycles. The third-order valence-corrected chi connectivity index (χ3v) is 6.36. The molecule has 1 unspecified atom stereocenters. The number of carbonyl (C=O) groups excluding carboxylic acids is 1. The molecule has 1 heterocycles. The molecule has 1 amide bonds. The van der Waals surface area contributed by atoms with Gasteiger partial charge < -0.3 is 14.7 Å². The summed E-state index contributed by atoms with van der Waals surface area (Å²) >= 11 is 0. The van der Waals surface area contributed by atoms with Crippen LogP contribution in [-0.2, 0) is 30.6 Å². The molecule has 1 aromatic carbocycles. The van der Waals surface area contributed by atoms with Crippen molar-refractivity contribution in [1.29, 1.82) is 0 Å². The van der Waals surface area contributed by atoms with Crippen molar-refractivity contribution in [3.63, 3.8) is 0 Å². The molecule has 8 heteroatoms. The Morgan fingerprint density at radius 2 is 1.92 bits per heavy atom. The molecular formula is C17H23NO6S. The fourth-order valence-corrected chi connectivity index (χ4v) is 3.76. The van der Waals surface area contributed by atoms with Crippen molar-refractivity contribution < 1.29 is 27.9 Å². The van der Waals surface area contributed by atoms with Crippen molar-refractivity contribution >= 4 is 21.7 Å². The summed E-state index contributed by atoms with van der Waals surface area (Å²) in [5.41, 5.74) is 0.688. The third-order valence-electron chi connectivity index (χ3n) is 4.19. The van der Waals surface area contributed by atoms with E-state index in [2.05, 4.69) is 0 Å². The number of sulfone groups is 1. The van der Waals surface area contributed by atoms with Gasteiger partial charge in [-0.3, -0.25) is 9.59 Å². The first-order chi connectivity index (χ1) is 11.7. The van der Waals surface area contributed by atoms with Gasteiger partial charge in [-0.2, -0.15) is 0 Å². The van der Waals surface area contributed by atoms with Gasteiger partial charge in [0.2, 0.25) is 5.91 Å². The number of morpholine rings is 1. The number of carboxylic acid groups (broad SMARTS) is 1. The highest BCUT2D eigenvalue weighted by Gasteiger charge is 2.29. The van der Waals surface area contributed by atoms with E-state index in [-0.39, 0.29) is 30.3 Å². The van der Waals surface area contributed by atoms with E-state index in [1.807, 2.05) is 0 Å². The number of hydrogen-bond acceptors (Lipinski definition) is 5. The Morgan fingerprint density at radius 1 is 1.28 bits per heavy atom. The van der Waals surface area contributed by atoms with Crippen LogP contribution in [0.5, 0.6) is 0 Å². The number of aliphatic carboxylic acids is 1. The monoisotopic (exact) mass is 369 g/mol. The number of rotatable bonds is 6. The highest BCUT2D eigenvalue weighted by atomic mass is 32.2. The zero-order valence-corrected chi connectivity index (χ0v) is 15.2. The van der Waals surface area contributed by atoms with Gasteiger partial charge in [0.25, 0.3) is 0 Å². The van der Waals surface area contributed by atoms with E-state index in [1.165, 1.54) is 17.0 Å². The lowest BCUT2D eigenvalue weighted by molar-refractivity contribution is -0.145. The van der Waals surface area contributed by atoms with Gasteiger partial charge in [-0.15, -0.1) is 0 Å². The van der Waals surface area contributed by atoms with Crippen LogP contribution in [0.15, 0.2) is 29.2 Å². The van der Waals surface area contributed by atoms with Crippen molar-refractivity contribution in [2.24, 2.45) is 0 Å². The second-order valence-corrected chi connectivity index (χ2v) is 8.83. The summed E-state index contributed by atoms with van der Waals surface area (Å²) in [6.45, 7) is 4.19. The third kappa shape index (κ3) is 4.79. The number of hydrogen-bond donors (Lipinski definition) is 1. The summed E-state index contributed by atoms with van der Waals surface area (Å²) in [5.74, 6) is -1.16. The lowest BCUT2D eigenvalue weighted by atomic mass is 10.1. The molecular weight excluding hydrogens is 346 g/mol. The molecule has 1 atom stereocenters. The van der Waals surface area contributed by atoms with Crippen molar-refractivity contribution in [1.82, 2.24) is 4.90 Å². The fraction of sp³-hybridized carbons (Fsp3) is 0.529. The van der Waals surface area contributed by atoms with Gasteiger partial charge in [-0.1, -0.05) is 12.1 Å². The Morgan fingerprint density at radius 3 is 2.48 bits per heavy atom.